The highest BCUT2D eigenvalue weighted by Gasteiger charge is 2.32. The summed E-state index contributed by atoms with van der Waals surface area (Å²) in [5.74, 6) is -0.254. The number of hydrogen-bond donors (Lipinski definition) is 2. The largest absolute Gasteiger partial charge is 0.459 e. The zero-order valence-corrected chi connectivity index (χ0v) is 16.2. The fourth-order valence-electron chi connectivity index (χ4n) is 4.00. The third-order valence-corrected chi connectivity index (χ3v) is 5.46. The summed E-state index contributed by atoms with van der Waals surface area (Å²) in [5, 5.41) is 6.95. The third-order valence-electron chi connectivity index (χ3n) is 5.46. The Hall–Kier alpha value is -3.86. The van der Waals surface area contributed by atoms with Gasteiger partial charge in [-0.1, -0.05) is 66.7 Å². The van der Waals surface area contributed by atoms with Crippen LogP contribution in [0.1, 0.15) is 35.3 Å². The predicted molar refractivity (Wildman–Crippen MR) is 115 cm³/mol. The van der Waals surface area contributed by atoms with Crippen LogP contribution in [0.15, 0.2) is 89.3 Å². The van der Waals surface area contributed by atoms with Crippen molar-refractivity contribution in [2.75, 3.05) is 5.32 Å². The topological polar surface area (TPSA) is 71.3 Å². The maximum atomic E-state index is 13.3. The van der Waals surface area contributed by atoms with Gasteiger partial charge in [0.05, 0.1) is 5.92 Å². The van der Waals surface area contributed by atoms with E-state index in [-0.39, 0.29) is 18.2 Å². The van der Waals surface area contributed by atoms with Crippen LogP contribution >= 0.6 is 0 Å². The van der Waals surface area contributed by atoms with Gasteiger partial charge in [0, 0.05) is 17.5 Å². The third kappa shape index (κ3) is 3.35. The van der Waals surface area contributed by atoms with Crippen LogP contribution in [0.4, 0.5) is 5.69 Å². The van der Waals surface area contributed by atoms with Crippen molar-refractivity contribution in [2.45, 2.75) is 18.4 Å². The zero-order chi connectivity index (χ0) is 20.5. The number of nitrogens with one attached hydrogen (secondary N) is 2. The van der Waals surface area contributed by atoms with E-state index in [1.54, 1.807) is 0 Å². The molecule has 0 saturated carbocycles. The number of carbonyl (C=O) groups is 2. The molecule has 0 radical (unpaired) electrons. The van der Waals surface area contributed by atoms with E-state index in [0.717, 1.165) is 22.1 Å². The summed E-state index contributed by atoms with van der Waals surface area (Å²) in [6.45, 7) is 0. The molecule has 0 fully saturated rings. The number of para-hydroxylation sites is 2. The fraction of sp³-hybridized carbons (Fsp3) is 0.120. The van der Waals surface area contributed by atoms with Gasteiger partial charge in [-0.15, -0.1) is 0 Å². The molecule has 3 aromatic carbocycles. The Morgan fingerprint density at radius 2 is 1.70 bits per heavy atom. The average Bonchev–Trinajstić information content (AvgIpc) is 3.21. The van der Waals surface area contributed by atoms with Crippen molar-refractivity contribution in [3.8, 4) is 0 Å². The number of benzene rings is 3. The van der Waals surface area contributed by atoms with Gasteiger partial charge in [0.1, 0.15) is 17.4 Å². The molecule has 5 heteroatoms. The number of rotatable bonds is 4. The molecule has 30 heavy (non-hydrogen) atoms. The summed E-state index contributed by atoms with van der Waals surface area (Å²) in [7, 11) is 0. The quantitative estimate of drug-likeness (QED) is 0.522. The van der Waals surface area contributed by atoms with E-state index in [4.69, 9.17) is 4.42 Å². The summed E-state index contributed by atoms with van der Waals surface area (Å²) < 4.78 is 6.07. The predicted octanol–water partition coefficient (Wildman–Crippen LogP) is 4.76. The molecule has 0 saturated heterocycles. The summed E-state index contributed by atoms with van der Waals surface area (Å²) in [6.07, 6.45) is 0.116. The van der Waals surface area contributed by atoms with Crippen LogP contribution in [-0.2, 0) is 9.59 Å². The molecular weight excluding hydrogens is 376 g/mol. The normalized spacial score (nSPS) is 16.5. The second-order valence-corrected chi connectivity index (χ2v) is 7.43. The molecule has 5 nitrogen and oxygen atoms in total. The lowest BCUT2D eigenvalue weighted by Crippen LogP contribution is -2.37. The molecule has 0 bridgehead atoms. The maximum Gasteiger partial charge on any atom is 0.229 e. The summed E-state index contributed by atoms with van der Waals surface area (Å²) >= 11 is 0. The van der Waals surface area contributed by atoms with Gasteiger partial charge < -0.3 is 15.1 Å². The summed E-state index contributed by atoms with van der Waals surface area (Å²) in [4.78, 5) is 25.5. The molecule has 2 heterocycles. The minimum atomic E-state index is -0.550. The lowest BCUT2D eigenvalue weighted by Gasteiger charge is -2.26. The number of fused-ring (bicyclic) bond motifs is 2. The van der Waals surface area contributed by atoms with E-state index < -0.39 is 12.0 Å². The summed E-state index contributed by atoms with van der Waals surface area (Å²) in [5.41, 5.74) is 3.20. The van der Waals surface area contributed by atoms with E-state index in [9.17, 15) is 9.59 Å². The van der Waals surface area contributed by atoms with E-state index in [0.29, 0.717) is 11.4 Å². The van der Waals surface area contributed by atoms with E-state index >= 15 is 0 Å². The standard InChI is InChI=1S/C25H20N2O3/c28-23-15-19(18-11-5-6-12-20(18)26-23)25(29)27-24(16-8-2-1-3-9-16)22-14-17-10-4-7-13-21(17)30-22/h1-14,19,24H,15H2,(H,26,28)(H,27,29). The van der Waals surface area contributed by atoms with Crippen molar-refractivity contribution in [3.05, 3.63) is 102 Å². The SMILES string of the molecule is O=C1CC(C(=O)NC(c2ccccc2)c2cc3ccccc3o2)c2ccccc2N1. The van der Waals surface area contributed by atoms with Crippen molar-refractivity contribution in [1.29, 1.82) is 0 Å². The minimum absolute atomic E-state index is 0.116. The van der Waals surface area contributed by atoms with Crippen LogP contribution in [0.2, 0.25) is 0 Å². The Morgan fingerprint density at radius 3 is 2.53 bits per heavy atom. The van der Waals surface area contributed by atoms with Crippen molar-refractivity contribution in [1.82, 2.24) is 5.32 Å². The smallest absolute Gasteiger partial charge is 0.229 e. The first-order valence-corrected chi connectivity index (χ1v) is 9.91. The molecule has 1 aliphatic rings. The molecule has 4 aromatic rings. The minimum Gasteiger partial charge on any atom is -0.459 e. The molecule has 0 aliphatic carbocycles. The number of amides is 2. The second-order valence-electron chi connectivity index (χ2n) is 7.43. The highest BCUT2D eigenvalue weighted by Crippen LogP contribution is 2.34. The molecular formula is C25H20N2O3. The van der Waals surface area contributed by atoms with Gasteiger partial charge in [-0.3, -0.25) is 9.59 Å². The van der Waals surface area contributed by atoms with Gasteiger partial charge >= 0.3 is 0 Å². The van der Waals surface area contributed by atoms with Crippen LogP contribution < -0.4 is 10.6 Å². The lowest BCUT2D eigenvalue weighted by atomic mass is 9.89. The molecule has 2 N–H and O–H groups in total. The van der Waals surface area contributed by atoms with Crippen LogP contribution in [-0.4, -0.2) is 11.8 Å². The Kier molecular flexibility index (Phi) is 4.56. The van der Waals surface area contributed by atoms with Crippen molar-refractivity contribution in [3.63, 3.8) is 0 Å². The van der Waals surface area contributed by atoms with E-state index in [1.165, 1.54) is 0 Å². The number of carbonyl (C=O) groups excluding carboxylic acids is 2. The van der Waals surface area contributed by atoms with Gasteiger partial charge in [0.15, 0.2) is 0 Å². The van der Waals surface area contributed by atoms with Crippen LogP contribution in [0.5, 0.6) is 0 Å². The van der Waals surface area contributed by atoms with Gasteiger partial charge in [0.25, 0.3) is 0 Å². The highest BCUT2D eigenvalue weighted by molar-refractivity contribution is 6.01. The Morgan fingerprint density at radius 1 is 0.967 bits per heavy atom. The van der Waals surface area contributed by atoms with Gasteiger partial charge in [-0.25, -0.2) is 0 Å². The van der Waals surface area contributed by atoms with Crippen molar-refractivity contribution >= 4 is 28.5 Å². The van der Waals surface area contributed by atoms with Crippen molar-refractivity contribution < 1.29 is 14.0 Å². The number of hydrogen-bond acceptors (Lipinski definition) is 3. The fourth-order valence-corrected chi connectivity index (χ4v) is 4.00. The summed E-state index contributed by atoms with van der Waals surface area (Å²) in [6, 6.07) is 26.4. The van der Waals surface area contributed by atoms with Crippen LogP contribution in [0, 0.1) is 0 Å². The Balaban J connectivity index is 1.51. The molecule has 5 rings (SSSR count). The molecule has 0 spiro atoms. The molecule has 2 unspecified atom stereocenters. The van der Waals surface area contributed by atoms with Gasteiger partial charge in [0.2, 0.25) is 11.8 Å². The average molecular weight is 396 g/mol. The van der Waals surface area contributed by atoms with Crippen molar-refractivity contribution in [2.24, 2.45) is 0 Å². The van der Waals surface area contributed by atoms with Gasteiger partial charge in [-0.2, -0.15) is 0 Å². The van der Waals surface area contributed by atoms with E-state index in [1.807, 2.05) is 84.9 Å². The number of furan rings is 1. The first-order valence-electron chi connectivity index (χ1n) is 9.91. The molecule has 1 aliphatic heterocycles. The highest BCUT2D eigenvalue weighted by atomic mass is 16.3. The zero-order valence-electron chi connectivity index (χ0n) is 16.2. The molecule has 1 aromatic heterocycles. The monoisotopic (exact) mass is 396 g/mol. The van der Waals surface area contributed by atoms with Crippen LogP contribution in [0.25, 0.3) is 11.0 Å². The molecule has 2 amide bonds. The first kappa shape index (κ1) is 18.2. The first-order chi connectivity index (χ1) is 14.7. The Bertz CT molecular complexity index is 1200. The maximum absolute atomic E-state index is 13.3. The molecule has 148 valence electrons. The van der Waals surface area contributed by atoms with Crippen LogP contribution in [0.3, 0.4) is 0 Å². The molecule has 2 atom stereocenters. The van der Waals surface area contributed by atoms with E-state index in [2.05, 4.69) is 10.6 Å². The lowest BCUT2D eigenvalue weighted by molar-refractivity contribution is -0.126. The van der Waals surface area contributed by atoms with Gasteiger partial charge in [-0.05, 0) is 29.3 Å². The number of anilines is 1. The second kappa shape index (κ2) is 7.52. The Labute approximate surface area is 173 Å².